The van der Waals surface area contributed by atoms with Crippen molar-refractivity contribution in [3.05, 3.63) is 69.8 Å². The quantitative estimate of drug-likeness (QED) is 0.192. The number of carbonyl (C=O) groups is 5. The van der Waals surface area contributed by atoms with Gasteiger partial charge in [-0.1, -0.05) is 12.1 Å². The molecule has 0 N–H and O–H groups in total. The third-order valence-electron chi connectivity index (χ3n) is 4.16. The molecule has 0 atom stereocenters. The third-order valence-corrected chi connectivity index (χ3v) is 4.57. The molecule has 0 heterocycles. The lowest BCUT2D eigenvalue weighted by atomic mass is 9.96. The number of rotatable bonds is 8. The van der Waals surface area contributed by atoms with Gasteiger partial charge < -0.3 is 9.47 Å². The average molecular weight is 559 g/mol. The summed E-state index contributed by atoms with van der Waals surface area (Å²) in [6, 6.07) is 5.02. The summed E-state index contributed by atoms with van der Waals surface area (Å²) in [5, 5.41) is -2.63. The Hall–Kier alpha value is -3.45. The van der Waals surface area contributed by atoms with Gasteiger partial charge in [-0.3, -0.25) is 14.4 Å². The fraction of sp³-hybridized carbons (Fsp3) is 0.190. The Morgan fingerprint density at radius 3 is 1.22 bits per heavy atom. The van der Waals surface area contributed by atoms with E-state index < -0.39 is 76.0 Å². The molecule has 0 amide bonds. The second-order valence-electron chi connectivity index (χ2n) is 6.78. The smallest absolute Gasteiger partial charge is 0.422 e. The molecule has 0 unspecified atom stereocenters. The summed E-state index contributed by atoms with van der Waals surface area (Å²) < 4.78 is 81.8. The van der Waals surface area contributed by atoms with Crippen LogP contribution >= 0.6 is 23.2 Å². The SMILES string of the molecule is O=C(c1ccc(C(=O)OCC(F)(F)F)c(C(=O)Cl)c1)c1ccc(C(=O)OCC(F)(F)F)c(C(=O)Cl)c1. The molecule has 2 aromatic rings. The van der Waals surface area contributed by atoms with Crippen LogP contribution in [-0.2, 0) is 9.47 Å². The summed E-state index contributed by atoms with van der Waals surface area (Å²) in [5.41, 5.74) is -3.37. The predicted molar refractivity (Wildman–Crippen MR) is 109 cm³/mol. The Balaban J connectivity index is 2.40. The van der Waals surface area contributed by atoms with E-state index in [4.69, 9.17) is 23.2 Å². The minimum atomic E-state index is -4.85. The van der Waals surface area contributed by atoms with Crippen molar-refractivity contribution in [2.45, 2.75) is 12.4 Å². The Morgan fingerprint density at radius 2 is 0.944 bits per heavy atom. The molecule has 0 fully saturated rings. The molecular weight excluding hydrogens is 549 g/mol. The Bertz CT molecular complexity index is 1140. The fourth-order valence-corrected chi connectivity index (χ4v) is 2.98. The van der Waals surface area contributed by atoms with Crippen LogP contribution < -0.4 is 0 Å². The normalized spacial score (nSPS) is 11.6. The molecule has 36 heavy (non-hydrogen) atoms. The predicted octanol–water partition coefficient (Wildman–Crippen LogP) is 5.11. The first kappa shape index (κ1) is 28.8. The Morgan fingerprint density at radius 1 is 0.611 bits per heavy atom. The number of hydrogen-bond donors (Lipinski definition) is 0. The lowest BCUT2D eigenvalue weighted by Gasteiger charge is -2.12. The Labute approximate surface area is 206 Å². The topological polar surface area (TPSA) is 104 Å². The van der Waals surface area contributed by atoms with Crippen LogP contribution in [0.2, 0.25) is 0 Å². The van der Waals surface area contributed by atoms with E-state index in [1.165, 1.54) is 0 Å². The molecule has 2 rings (SSSR count). The lowest BCUT2D eigenvalue weighted by molar-refractivity contribution is -0.161. The maximum atomic E-state index is 12.8. The molecule has 7 nitrogen and oxygen atoms in total. The van der Waals surface area contributed by atoms with Gasteiger partial charge >= 0.3 is 24.3 Å². The van der Waals surface area contributed by atoms with Crippen LogP contribution in [0.25, 0.3) is 0 Å². The number of hydrogen-bond acceptors (Lipinski definition) is 7. The monoisotopic (exact) mass is 558 g/mol. The lowest BCUT2D eigenvalue weighted by Crippen LogP contribution is -2.21. The molecule has 0 aliphatic rings. The summed E-state index contributed by atoms with van der Waals surface area (Å²) >= 11 is 10.8. The van der Waals surface area contributed by atoms with Crippen molar-refractivity contribution in [2.24, 2.45) is 0 Å². The average Bonchev–Trinajstić information content (AvgIpc) is 2.78. The van der Waals surface area contributed by atoms with Crippen molar-refractivity contribution < 1.29 is 59.8 Å². The standard InChI is InChI=1S/C21H10Cl2F6O7/c22-16(31)13-5-9(1-3-11(13)18(33)35-7-20(24,25)26)15(30)10-2-4-12(14(6-10)17(23)32)19(34)36-8-21(27,28)29/h1-6H,7-8H2. The summed E-state index contributed by atoms with van der Waals surface area (Å²) in [7, 11) is 0. The molecule has 0 saturated carbocycles. The number of benzene rings is 2. The molecule has 0 bridgehead atoms. The zero-order chi connectivity index (χ0) is 27.4. The molecule has 0 aliphatic carbocycles. The number of ketones is 1. The second kappa shape index (κ2) is 11.1. The van der Waals surface area contributed by atoms with Gasteiger partial charge in [0.25, 0.3) is 10.5 Å². The Kier molecular flexibility index (Phi) is 8.86. The maximum Gasteiger partial charge on any atom is 0.422 e. The first-order valence-electron chi connectivity index (χ1n) is 9.20. The van der Waals surface area contributed by atoms with Crippen LogP contribution in [0, 0.1) is 0 Å². The third kappa shape index (κ3) is 7.78. The van der Waals surface area contributed by atoms with Crippen LogP contribution in [0.5, 0.6) is 0 Å². The zero-order valence-electron chi connectivity index (χ0n) is 17.3. The van der Waals surface area contributed by atoms with Crippen LogP contribution in [0.3, 0.4) is 0 Å². The minimum Gasteiger partial charge on any atom is -0.452 e. The molecule has 0 aliphatic heterocycles. The van der Waals surface area contributed by atoms with Gasteiger partial charge in [0.2, 0.25) is 0 Å². The van der Waals surface area contributed by atoms with E-state index in [9.17, 15) is 50.3 Å². The van der Waals surface area contributed by atoms with Gasteiger partial charge in [0.1, 0.15) is 0 Å². The minimum absolute atomic E-state index is 0.341. The zero-order valence-corrected chi connectivity index (χ0v) is 18.8. The van der Waals surface area contributed by atoms with Crippen molar-refractivity contribution in [1.29, 1.82) is 0 Å². The van der Waals surface area contributed by atoms with E-state index in [2.05, 4.69) is 9.47 Å². The number of ether oxygens (including phenoxy) is 2. The molecule has 0 radical (unpaired) electrons. The van der Waals surface area contributed by atoms with Crippen LogP contribution in [0.15, 0.2) is 36.4 Å². The van der Waals surface area contributed by atoms with Crippen LogP contribution in [0.1, 0.15) is 57.4 Å². The first-order valence-corrected chi connectivity index (χ1v) is 9.96. The molecule has 0 aromatic heterocycles. The number of alkyl halides is 6. The molecule has 15 heteroatoms. The highest BCUT2D eigenvalue weighted by molar-refractivity contribution is 6.68. The van der Waals surface area contributed by atoms with E-state index in [0.717, 1.165) is 36.4 Å². The molecule has 2 aromatic carbocycles. The molecule has 0 spiro atoms. The van der Waals surface area contributed by atoms with Gasteiger partial charge in [0.15, 0.2) is 19.0 Å². The van der Waals surface area contributed by atoms with Crippen molar-refractivity contribution in [3.63, 3.8) is 0 Å². The molecule has 0 saturated heterocycles. The van der Waals surface area contributed by atoms with E-state index in [1.807, 2.05) is 0 Å². The van der Waals surface area contributed by atoms with Gasteiger partial charge in [0.05, 0.1) is 11.1 Å². The van der Waals surface area contributed by atoms with Crippen molar-refractivity contribution in [3.8, 4) is 0 Å². The largest absolute Gasteiger partial charge is 0.452 e. The van der Waals surface area contributed by atoms with Crippen molar-refractivity contribution in [2.75, 3.05) is 13.2 Å². The summed E-state index contributed by atoms with van der Waals surface area (Å²) in [6.45, 7) is -3.90. The highest BCUT2D eigenvalue weighted by atomic mass is 35.5. The summed E-state index contributed by atoms with van der Waals surface area (Å²) in [4.78, 5) is 60.1. The van der Waals surface area contributed by atoms with Crippen molar-refractivity contribution in [1.82, 2.24) is 0 Å². The number of esters is 2. The second-order valence-corrected chi connectivity index (χ2v) is 7.47. The van der Waals surface area contributed by atoms with Gasteiger partial charge in [0, 0.05) is 22.3 Å². The van der Waals surface area contributed by atoms with E-state index in [-0.39, 0.29) is 11.1 Å². The first-order chi connectivity index (χ1) is 16.5. The summed E-state index contributed by atoms with van der Waals surface area (Å²) in [5.74, 6) is -4.04. The van der Waals surface area contributed by atoms with Crippen LogP contribution in [-0.4, -0.2) is 53.8 Å². The van der Waals surface area contributed by atoms with Gasteiger partial charge in [-0.05, 0) is 47.5 Å². The van der Waals surface area contributed by atoms with E-state index in [1.54, 1.807) is 0 Å². The molecular formula is C21H10Cl2F6O7. The van der Waals surface area contributed by atoms with Crippen molar-refractivity contribution >= 4 is 51.4 Å². The molecule has 192 valence electrons. The van der Waals surface area contributed by atoms with Crippen LogP contribution in [0.4, 0.5) is 26.3 Å². The number of carbonyl (C=O) groups excluding carboxylic acids is 5. The highest BCUT2D eigenvalue weighted by Gasteiger charge is 2.32. The van der Waals surface area contributed by atoms with Gasteiger partial charge in [-0.15, -0.1) is 0 Å². The summed E-state index contributed by atoms with van der Waals surface area (Å²) in [6.07, 6.45) is -9.70. The van der Waals surface area contributed by atoms with Gasteiger partial charge in [-0.2, -0.15) is 26.3 Å². The van der Waals surface area contributed by atoms with E-state index >= 15 is 0 Å². The van der Waals surface area contributed by atoms with Gasteiger partial charge in [-0.25, -0.2) is 9.59 Å². The fourth-order valence-electron chi connectivity index (χ4n) is 2.67. The van der Waals surface area contributed by atoms with E-state index in [0.29, 0.717) is 0 Å². The highest BCUT2D eigenvalue weighted by Crippen LogP contribution is 2.23. The maximum absolute atomic E-state index is 12.8. The number of halogens is 8.